The minimum atomic E-state index is -0.577. The Labute approximate surface area is 103 Å². The first kappa shape index (κ1) is 14.1. The number of ether oxygens (including phenoxy) is 1. The Morgan fingerprint density at radius 1 is 1.24 bits per heavy atom. The molecule has 0 radical (unpaired) electrons. The molecule has 1 rings (SSSR count). The van der Waals surface area contributed by atoms with Crippen LogP contribution in [-0.2, 0) is 15.9 Å². The SMILES string of the molecule is CCC(C)(N)c1nc(C(CC)(CC)OC)no1. The largest absolute Gasteiger partial charge is 0.370 e. The van der Waals surface area contributed by atoms with Crippen LogP contribution in [0.15, 0.2) is 4.52 Å². The molecular formula is C12H23N3O2. The van der Waals surface area contributed by atoms with Crippen LogP contribution in [0.4, 0.5) is 0 Å². The van der Waals surface area contributed by atoms with Crippen LogP contribution in [0.25, 0.3) is 0 Å². The predicted molar refractivity (Wildman–Crippen MR) is 65.4 cm³/mol. The molecule has 0 aliphatic carbocycles. The Kier molecular flexibility index (Phi) is 4.27. The maximum atomic E-state index is 6.08. The first-order chi connectivity index (χ1) is 7.95. The summed E-state index contributed by atoms with van der Waals surface area (Å²) in [5, 5.41) is 4.02. The molecular weight excluding hydrogens is 218 g/mol. The van der Waals surface area contributed by atoms with Crippen molar-refractivity contribution in [3.8, 4) is 0 Å². The van der Waals surface area contributed by atoms with Gasteiger partial charge in [0, 0.05) is 7.11 Å². The molecule has 0 saturated heterocycles. The lowest BCUT2D eigenvalue weighted by Crippen LogP contribution is -2.33. The first-order valence-electron chi connectivity index (χ1n) is 6.14. The predicted octanol–water partition coefficient (Wildman–Crippen LogP) is 2.32. The molecule has 0 aromatic carbocycles. The van der Waals surface area contributed by atoms with Crippen molar-refractivity contribution < 1.29 is 9.26 Å². The number of methoxy groups -OCH3 is 1. The Morgan fingerprint density at radius 2 is 1.82 bits per heavy atom. The van der Waals surface area contributed by atoms with Gasteiger partial charge in [-0.05, 0) is 26.2 Å². The molecule has 1 unspecified atom stereocenters. The van der Waals surface area contributed by atoms with Crippen molar-refractivity contribution in [2.75, 3.05) is 7.11 Å². The van der Waals surface area contributed by atoms with Gasteiger partial charge in [-0.3, -0.25) is 0 Å². The second kappa shape index (κ2) is 5.14. The smallest absolute Gasteiger partial charge is 0.246 e. The van der Waals surface area contributed by atoms with Gasteiger partial charge in [0.1, 0.15) is 5.60 Å². The lowest BCUT2D eigenvalue weighted by atomic mass is 9.96. The van der Waals surface area contributed by atoms with Gasteiger partial charge in [0.25, 0.3) is 0 Å². The fourth-order valence-electron chi connectivity index (χ4n) is 1.74. The molecule has 0 amide bonds. The average Bonchev–Trinajstić information content (AvgIpc) is 2.83. The molecule has 5 heteroatoms. The molecule has 0 aliphatic rings. The third kappa shape index (κ3) is 2.50. The normalized spacial score (nSPS) is 15.9. The van der Waals surface area contributed by atoms with Gasteiger partial charge >= 0.3 is 0 Å². The van der Waals surface area contributed by atoms with Crippen LogP contribution in [0, 0.1) is 0 Å². The van der Waals surface area contributed by atoms with E-state index in [1.165, 1.54) is 0 Å². The molecule has 0 fully saturated rings. The Bertz CT molecular complexity index is 348. The van der Waals surface area contributed by atoms with Crippen LogP contribution in [0.1, 0.15) is 58.7 Å². The van der Waals surface area contributed by atoms with E-state index < -0.39 is 11.1 Å². The van der Waals surface area contributed by atoms with Crippen molar-refractivity contribution in [3.05, 3.63) is 11.7 Å². The van der Waals surface area contributed by atoms with Gasteiger partial charge in [-0.15, -0.1) is 0 Å². The fourth-order valence-corrected chi connectivity index (χ4v) is 1.74. The second-order valence-electron chi connectivity index (χ2n) is 4.60. The standard InChI is InChI=1S/C12H23N3O2/c1-6-11(4,13)10-14-9(15-17-10)12(7-2,8-3)16-5/h6-8,13H2,1-5H3. The van der Waals surface area contributed by atoms with Crippen molar-refractivity contribution in [1.82, 2.24) is 10.1 Å². The molecule has 0 bridgehead atoms. The molecule has 17 heavy (non-hydrogen) atoms. The highest BCUT2D eigenvalue weighted by Crippen LogP contribution is 2.31. The summed E-state index contributed by atoms with van der Waals surface area (Å²) >= 11 is 0. The zero-order valence-electron chi connectivity index (χ0n) is 11.4. The summed E-state index contributed by atoms with van der Waals surface area (Å²) in [5.41, 5.74) is 5.04. The van der Waals surface area contributed by atoms with E-state index in [0.29, 0.717) is 11.7 Å². The topological polar surface area (TPSA) is 74.2 Å². The molecule has 2 N–H and O–H groups in total. The molecule has 98 valence electrons. The van der Waals surface area contributed by atoms with Crippen molar-refractivity contribution in [1.29, 1.82) is 0 Å². The summed E-state index contributed by atoms with van der Waals surface area (Å²) < 4.78 is 10.8. The van der Waals surface area contributed by atoms with Crippen LogP contribution >= 0.6 is 0 Å². The number of hydrogen-bond donors (Lipinski definition) is 1. The molecule has 0 saturated carbocycles. The molecule has 0 aliphatic heterocycles. The van der Waals surface area contributed by atoms with Gasteiger partial charge in [0.05, 0.1) is 5.54 Å². The highest BCUT2D eigenvalue weighted by Gasteiger charge is 2.36. The summed E-state index contributed by atoms with van der Waals surface area (Å²) in [7, 11) is 1.67. The first-order valence-corrected chi connectivity index (χ1v) is 6.14. The monoisotopic (exact) mass is 241 g/mol. The molecule has 1 aromatic heterocycles. The van der Waals surface area contributed by atoms with E-state index in [0.717, 1.165) is 19.3 Å². The van der Waals surface area contributed by atoms with Crippen LogP contribution < -0.4 is 5.73 Å². The van der Waals surface area contributed by atoms with Gasteiger partial charge < -0.3 is 15.0 Å². The van der Waals surface area contributed by atoms with E-state index in [4.69, 9.17) is 15.0 Å². The third-order valence-electron chi connectivity index (χ3n) is 3.59. The van der Waals surface area contributed by atoms with Crippen molar-refractivity contribution in [2.24, 2.45) is 5.73 Å². The van der Waals surface area contributed by atoms with E-state index in [1.807, 2.05) is 27.7 Å². The number of nitrogens with zero attached hydrogens (tertiary/aromatic N) is 2. The van der Waals surface area contributed by atoms with Gasteiger partial charge in [-0.2, -0.15) is 4.98 Å². The number of rotatable bonds is 6. The lowest BCUT2D eigenvalue weighted by molar-refractivity contribution is -0.0306. The highest BCUT2D eigenvalue weighted by atomic mass is 16.5. The molecule has 5 nitrogen and oxygen atoms in total. The minimum absolute atomic E-state index is 0.467. The van der Waals surface area contributed by atoms with E-state index in [2.05, 4.69) is 10.1 Å². The second-order valence-corrected chi connectivity index (χ2v) is 4.60. The fraction of sp³-hybridized carbons (Fsp3) is 0.833. The molecule has 0 spiro atoms. The van der Waals surface area contributed by atoms with E-state index in [1.54, 1.807) is 7.11 Å². The number of hydrogen-bond acceptors (Lipinski definition) is 5. The summed E-state index contributed by atoms with van der Waals surface area (Å²) in [6.45, 7) is 7.97. The van der Waals surface area contributed by atoms with Gasteiger partial charge in [-0.25, -0.2) is 0 Å². The maximum Gasteiger partial charge on any atom is 0.246 e. The molecule has 1 atom stereocenters. The van der Waals surface area contributed by atoms with Gasteiger partial charge in [0.2, 0.25) is 11.7 Å². The molecule has 1 heterocycles. The van der Waals surface area contributed by atoms with Crippen LogP contribution in [0.3, 0.4) is 0 Å². The zero-order chi connectivity index (χ0) is 13.1. The number of aromatic nitrogens is 2. The summed E-state index contributed by atoms with van der Waals surface area (Å²) in [6.07, 6.45) is 2.34. The Balaban J connectivity index is 3.09. The highest BCUT2D eigenvalue weighted by molar-refractivity contribution is 5.05. The summed E-state index contributed by atoms with van der Waals surface area (Å²) in [4.78, 5) is 4.41. The van der Waals surface area contributed by atoms with E-state index in [9.17, 15) is 0 Å². The van der Waals surface area contributed by atoms with Crippen molar-refractivity contribution >= 4 is 0 Å². The lowest BCUT2D eigenvalue weighted by Gasteiger charge is -2.26. The van der Waals surface area contributed by atoms with Gasteiger partial charge in [0.15, 0.2) is 0 Å². The van der Waals surface area contributed by atoms with E-state index in [-0.39, 0.29) is 0 Å². The summed E-state index contributed by atoms with van der Waals surface area (Å²) in [6, 6.07) is 0. The number of nitrogens with two attached hydrogens (primary N) is 1. The molecule has 1 aromatic rings. The minimum Gasteiger partial charge on any atom is -0.370 e. The van der Waals surface area contributed by atoms with E-state index >= 15 is 0 Å². The van der Waals surface area contributed by atoms with Crippen LogP contribution in [0.2, 0.25) is 0 Å². The average molecular weight is 241 g/mol. The Hall–Kier alpha value is -0.940. The quantitative estimate of drug-likeness (QED) is 0.827. The third-order valence-corrected chi connectivity index (χ3v) is 3.59. The summed E-state index contributed by atoms with van der Waals surface area (Å²) in [5.74, 6) is 1.06. The van der Waals surface area contributed by atoms with Crippen molar-refractivity contribution in [2.45, 2.75) is 58.1 Å². The van der Waals surface area contributed by atoms with Crippen molar-refractivity contribution in [3.63, 3.8) is 0 Å². The van der Waals surface area contributed by atoms with Crippen LogP contribution in [0.5, 0.6) is 0 Å². The van der Waals surface area contributed by atoms with Crippen LogP contribution in [-0.4, -0.2) is 17.3 Å². The zero-order valence-corrected chi connectivity index (χ0v) is 11.4. The Morgan fingerprint density at radius 3 is 2.24 bits per heavy atom. The maximum absolute atomic E-state index is 6.08. The van der Waals surface area contributed by atoms with Gasteiger partial charge in [-0.1, -0.05) is 25.9 Å².